The van der Waals surface area contributed by atoms with E-state index < -0.39 is 0 Å². The highest BCUT2D eigenvalue weighted by Gasteiger charge is 2.50. The van der Waals surface area contributed by atoms with Gasteiger partial charge in [0.25, 0.3) is 12.4 Å². The monoisotopic (exact) mass is 362 g/mol. The fourth-order valence-corrected chi connectivity index (χ4v) is 3.66. The number of carbonyl (C=O) groups excluding carboxylic acids is 2. The predicted molar refractivity (Wildman–Crippen MR) is 95.8 cm³/mol. The predicted octanol–water partition coefficient (Wildman–Crippen LogP) is 1.49. The molecule has 2 aliphatic rings. The number of hydrogen-bond donors (Lipinski definition) is 1. The van der Waals surface area contributed by atoms with E-state index in [1.165, 1.54) is 0 Å². The van der Waals surface area contributed by atoms with Crippen molar-refractivity contribution in [2.75, 3.05) is 33.7 Å². The van der Waals surface area contributed by atoms with Crippen LogP contribution in [0.2, 0.25) is 0 Å². The molecule has 3 rings (SSSR count). The Kier molecular flexibility index (Phi) is 6.74. The molecule has 0 bridgehead atoms. The van der Waals surface area contributed by atoms with Crippen molar-refractivity contribution in [2.24, 2.45) is 5.41 Å². The summed E-state index contributed by atoms with van der Waals surface area (Å²) in [6.45, 7) is 1.76. The van der Waals surface area contributed by atoms with E-state index in [9.17, 15) is 9.59 Å². The van der Waals surface area contributed by atoms with Crippen LogP contribution in [-0.4, -0.2) is 73.1 Å². The third-order valence-corrected chi connectivity index (χ3v) is 4.92. The summed E-state index contributed by atoms with van der Waals surface area (Å²) in [7, 11) is 3.97. The largest absolute Gasteiger partial charge is 0.483 e. The number of amides is 1. The topological polar surface area (TPSA) is 87.2 Å². The van der Waals surface area contributed by atoms with Crippen molar-refractivity contribution in [3.63, 3.8) is 0 Å². The number of carbonyl (C=O) groups is 3. The van der Waals surface area contributed by atoms with Crippen LogP contribution in [0, 0.1) is 5.41 Å². The highest BCUT2D eigenvalue weighted by Crippen LogP contribution is 2.43. The minimum Gasteiger partial charge on any atom is -0.483 e. The van der Waals surface area contributed by atoms with E-state index in [2.05, 4.69) is 0 Å². The van der Waals surface area contributed by atoms with Crippen molar-refractivity contribution in [1.29, 1.82) is 0 Å². The lowest BCUT2D eigenvalue weighted by Gasteiger charge is -2.36. The molecule has 2 saturated heterocycles. The smallest absolute Gasteiger partial charge is 0.312 e. The highest BCUT2D eigenvalue weighted by molar-refractivity contribution is 5.94. The Morgan fingerprint density at radius 2 is 1.88 bits per heavy atom. The molecule has 1 amide bonds. The van der Waals surface area contributed by atoms with Crippen LogP contribution in [0.25, 0.3) is 0 Å². The molecule has 142 valence electrons. The SMILES string of the molecule is CN(C)CC1CC2(CCN(C(=O)c3ccccc3)CC2)C(=O)O1.O=CO. The average Bonchev–Trinajstić information content (AvgIpc) is 2.90. The number of rotatable bonds is 3. The summed E-state index contributed by atoms with van der Waals surface area (Å²) in [5.74, 6) is -0.0205. The summed E-state index contributed by atoms with van der Waals surface area (Å²) in [6, 6.07) is 9.33. The molecule has 1 aromatic carbocycles. The second-order valence-corrected chi connectivity index (χ2v) is 7.04. The number of piperidine rings is 1. The Labute approximate surface area is 153 Å². The maximum absolute atomic E-state index is 12.5. The molecule has 0 radical (unpaired) electrons. The summed E-state index contributed by atoms with van der Waals surface area (Å²) in [4.78, 5) is 37.1. The lowest BCUT2D eigenvalue weighted by atomic mass is 9.76. The van der Waals surface area contributed by atoms with Crippen LogP contribution < -0.4 is 0 Å². The standard InChI is InChI=1S/C18H24N2O3.CH2O2/c1-19(2)13-15-12-18(17(22)23-15)8-10-20(11-9-18)16(21)14-6-4-3-5-7-14;2-1-3/h3-7,15H,8-13H2,1-2H3;1H,(H,2,3). The van der Waals surface area contributed by atoms with Gasteiger partial charge in [-0.25, -0.2) is 0 Å². The van der Waals surface area contributed by atoms with Crippen LogP contribution in [0.15, 0.2) is 30.3 Å². The van der Waals surface area contributed by atoms with Gasteiger partial charge in [0.15, 0.2) is 0 Å². The van der Waals surface area contributed by atoms with Gasteiger partial charge in [0.2, 0.25) is 0 Å². The molecule has 2 aliphatic heterocycles. The zero-order valence-electron chi connectivity index (χ0n) is 15.3. The van der Waals surface area contributed by atoms with Crippen LogP contribution in [-0.2, 0) is 14.3 Å². The molecular weight excluding hydrogens is 336 g/mol. The quantitative estimate of drug-likeness (QED) is 0.647. The van der Waals surface area contributed by atoms with Crippen molar-refractivity contribution in [1.82, 2.24) is 9.80 Å². The zero-order valence-corrected chi connectivity index (χ0v) is 15.3. The molecule has 1 unspecified atom stereocenters. The number of benzene rings is 1. The Balaban J connectivity index is 0.000000758. The molecular formula is C19H26N2O5. The van der Waals surface area contributed by atoms with Gasteiger partial charge in [0.1, 0.15) is 6.10 Å². The first-order chi connectivity index (χ1) is 12.4. The van der Waals surface area contributed by atoms with Crippen molar-refractivity contribution in [3.8, 4) is 0 Å². The Morgan fingerprint density at radius 1 is 1.31 bits per heavy atom. The van der Waals surface area contributed by atoms with Crippen LogP contribution in [0.3, 0.4) is 0 Å². The normalized spacial score (nSPS) is 21.1. The van der Waals surface area contributed by atoms with E-state index in [4.69, 9.17) is 14.6 Å². The summed E-state index contributed by atoms with van der Waals surface area (Å²) >= 11 is 0. The van der Waals surface area contributed by atoms with Crippen molar-refractivity contribution in [2.45, 2.75) is 25.4 Å². The molecule has 0 aliphatic carbocycles. The van der Waals surface area contributed by atoms with Gasteiger partial charge in [0.05, 0.1) is 5.41 Å². The lowest BCUT2D eigenvalue weighted by Crippen LogP contribution is -2.45. The molecule has 7 nitrogen and oxygen atoms in total. The fraction of sp³-hybridized carbons (Fsp3) is 0.526. The molecule has 1 N–H and O–H groups in total. The number of nitrogens with zero attached hydrogens (tertiary/aromatic N) is 2. The van der Waals surface area contributed by atoms with Gasteiger partial charge in [-0.15, -0.1) is 0 Å². The van der Waals surface area contributed by atoms with Gasteiger partial charge in [-0.3, -0.25) is 14.4 Å². The second kappa shape index (κ2) is 8.80. The first-order valence-electron chi connectivity index (χ1n) is 8.70. The molecule has 2 fully saturated rings. The number of ether oxygens (including phenoxy) is 1. The minimum atomic E-state index is -0.381. The molecule has 7 heteroatoms. The molecule has 1 atom stereocenters. The summed E-state index contributed by atoms with van der Waals surface area (Å²) in [5.41, 5.74) is 0.330. The van der Waals surface area contributed by atoms with E-state index in [0.29, 0.717) is 31.5 Å². The number of likely N-dealkylation sites (tertiary alicyclic amines) is 1. The summed E-state index contributed by atoms with van der Waals surface area (Å²) < 4.78 is 5.56. The van der Waals surface area contributed by atoms with Gasteiger partial charge in [-0.05, 0) is 39.1 Å². The average molecular weight is 362 g/mol. The van der Waals surface area contributed by atoms with Crippen molar-refractivity contribution >= 4 is 18.3 Å². The number of esters is 1. The van der Waals surface area contributed by atoms with Gasteiger partial charge >= 0.3 is 5.97 Å². The zero-order chi connectivity index (χ0) is 19.2. The highest BCUT2D eigenvalue weighted by atomic mass is 16.6. The van der Waals surface area contributed by atoms with Crippen molar-refractivity contribution < 1.29 is 24.2 Å². The van der Waals surface area contributed by atoms with Crippen LogP contribution >= 0.6 is 0 Å². The maximum Gasteiger partial charge on any atom is 0.312 e. The Hall–Kier alpha value is -2.41. The van der Waals surface area contributed by atoms with Crippen LogP contribution in [0.1, 0.15) is 29.6 Å². The molecule has 0 saturated carbocycles. The minimum absolute atomic E-state index is 0.0196. The van der Waals surface area contributed by atoms with E-state index >= 15 is 0 Å². The third kappa shape index (κ3) is 4.60. The molecule has 1 aromatic rings. The first-order valence-corrected chi connectivity index (χ1v) is 8.70. The van der Waals surface area contributed by atoms with Gasteiger partial charge < -0.3 is 19.6 Å². The third-order valence-electron chi connectivity index (χ3n) is 4.92. The van der Waals surface area contributed by atoms with E-state index in [1.807, 2.05) is 54.2 Å². The Morgan fingerprint density at radius 3 is 2.42 bits per heavy atom. The van der Waals surface area contributed by atoms with Gasteiger partial charge in [-0.2, -0.15) is 0 Å². The van der Waals surface area contributed by atoms with Crippen LogP contribution in [0.5, 0.6) is 0 Å². The number of likely N-dealkylation sites (N-methyl/N-ethyl adjacent to an activating group) is 1. The van der Waals surface area contributed by atoms with E-state index in [-0.39, 0.29) is 29.9 Å². The number of hydrogen-bond acceptors (Lipinski definition) is 5. The van der Waals surface area contributed by atoms with E-state index in [1.54, 1.807) is 0 Å². The molecule has 26 heavy (non-hydrogen) atoms. The van der Waals surface area contributed by atoms with Gasteiger partial charge in [-0.1, -0.05) is 18.2 Å². The van der Waals surface area contributed by atoms with Crippen molar-refractivity contribution in [3.05, 3.63) is 35.9 Å². The van der Waals surface area contributed by atoms with Crippen LogP contribution in [0.4, 0.5) is 0 Å². The first kappa shape index (κ1) is 19.9. The summed E-state index contributed by atoms with van der Waals surface area (Å²) in [5, 5.41) is 6.89. The Bertz CT molecular complexity index is 624. The fourth-order valence-electron chi connectivity index (χ4n) is 3.66. The lowest BCUT2D eigenvalue weighted by molar-refractivity contribution is -0.150. The second-order valence-electron chi connectivity index (χ2n) is 7.04. The molecule has 1 spiro atoms. The summed E-state index contributed by atoms with van der Waals surface area (Å²) in [6.07, 6.45) is 2.16. The van der Waals surface area contributed by atoms with E-state index in [0.717, 1.165) is 13.0 Å². The maximum atomic E-state index is 12.5. The number of carboxylic acid groups (broad SMARTS) is 1. The van der Waals surface area contributed by atoms with Gasteiger partial charge in [0, 0.05) is 31.6 Å². The molecule has 2 heterocycles. The number of cyclic esters (lactones) is 1. The molecule has 0 aromatic heterocycles.